The number of rotatable bonds is 9. The van der Waals surface area contributed by atoms with Gasteiger partial charge in [-0.2, -0.15) is 18.4 Å². The maximum absolute atomic E-state index is 13.7. The highest BCUT2D eigenvalue weighted by Gasteiger charge is 2.49. The summed E-state index contributed by atoms with van der Waals surface area (Å²) in [6, 6.07) is 1.47. The fraction of sp³-hybridized carbons (Fsp3) is 0.667. The molecule has 2 atom stereocenters. The smallest absolute Gasteiger partial charge is 0.422 e. The van der Waals surface area contributed by atoms with Gasteiger partial charge in [-0.1, -0.05) is 11.6 Å². The zero-order chi connectivity index (χ0) is 34.0. The monoisotopic (exact) mass is 690 g/mol. The number of nitrogens with zero attached hydrogens (tertiary/aromatic N) is 3. The van der Waals surface area contributed by atoms with Crippen LogP contribution in [0.5, 0.6) is 5.75 Å². The maximum atomic E-state index is 13.7. The number of amides is 3. The first-order valence-electron chi connectivity index (χ1n) is 15.1. The maximum Gasteiger partial charge on any atom is 0.422 e. The number of hydrogen-bond donors (Lipinski definition) is 1. The lowest BCUT2D eigenvalue weighted by Gasteiger charge is -2.32. The number of nitrogens with one attached hydrogen (secondary N) is 1. The van der Waals surface area contributed by atoms with Crippen LogP contribution in [-0.4, -0.2) is 84.4 Å². The number of halogens is 4. The van der Waals surface area contributed by atoms with Gasteiger partial charge in [0.05, 0.1) is 15.2 Å². The van der Waals surface area contributed by atoms with Gasteiger partial charge < -0.3 is 19.7 Å². The van der Waals surface area contributed by atoms with Crippen LogP contribution in [0.3, 0.4) is 0 Å². The van der Waals surface area contributed by atoms with Crippen LogP contribution in [0, 0.1) is 17.4 Å². The topological polar surface area (TPSA) is 146 Å². The predicted molar refractivity (Wildman–Crippen MR) is 159 cm³/mol. The molecule has 0 bridgehead atoms. The highest BCUT2D eigenvalue weighted by molar-refractivity contribution is 7.92. The van der Waals surface area contributed by atoms with E-state index in [0.29, 0.717) is 38.5 Å². The second-order valence-electron chi connectivity index (χ2n) is 13.1. The molecule has 254 valence electrons. The van der Waals surface area contributed by atoms with E-state index in [0.717, 1.165) is 23.1 Å². The van der Waals surface area contributed by atoms with Crippen molar-refractivity contribution in [2.45, 2.75) is 112 Å². The van der Waals surface area contributed by atoms with Crippen molar-refractivity contribution in [3.63, 3.8) is 0 Å². The zero-order valence-corrected chi connectivity index (χ0v) is 27.4. The van der Waals surface area contributed by atoms with E-state index in [2.05, 4.69) is 10.1 Å². The molecule has 1 saturated heterocycles. The normalized spacial score (nSPS) is 23.7. The van der Waals surface area contributed by atoms with Crippen molar-refractivity contribution in [1.82, 2.24) is 15.1 Å². The van der Waals surface area contributed by atoms with Crippen molar-refractivity contribution in [2.75, 3.05) is 13.2 Å². The molecule has 1 aromatic rings. The molecule has 2 aliphatic carbocycles. The summed E-state index contributed by atoms with van der Waals surface area (Å²) < 4.78 is 75.1. The Morgan fingerprint density at radius 2 is 1.76 bits per heavy atom. The lowest BCUT2D eigenvalue weighted by molar-refractivity contribution is -0.153. The molecule has 11 nitrogen and oxygen atoms in total. The molecule has 3 amide bonds. The van der Waals surface area contributed by atoms with Crippen molar-refractivity contribution in [3.8, 4) is 11.9 Å². The molecule has 1 heterocycles. The second kappa shape index (κ2) is 13.9. The Labute approximate surface area is 271 Å². The van der Waals surface area contributed by atoms with Gasteiger partial charge in [-0.3, -0.25) is 9.59 Å². The number of hydrogen-bond acceptors (Lipinski definition) is 8. The third kappa shape index (κ3) is 9.18. The van der Waals surface area contributed by atoms with Crippen LogP contribution in [0.2, 0.25) is 5.02 Å². The molecule has 0 radical (unpaired) electrons. The Balaban J connectivity index is 1.46. The van der Waals surface area contributed by atoms with E-state index in [1.54, 1.807) is 20.8 Å². The largest absolute Gasteiger partial charge is 0.484 e. The molecular weight excluding hydrogens is 653 g/mol. The highest BCUT2D eigenvalue weighted by Crippen LogP contribution is 2.37. The average molecular weight is 691 g/mol. The van der Waals surface area contributed by atoms with Gasteiger partial charge in [-0.05, 0) is 83.8 Å². The number of alkyl halides is 3. The van der Waals surface area contributed by atoms with Gasteiger partial charge >= 0.3 is 12.3 Å². The van der Waals surface area contributed by atoms with E-state index < -0.39 is 57.4 Å². The van der Waals surface area contributed by atoms with Crippen LogP contribution in [0.1, 0.15) is 72.1 Å². The number of sulfone groups is 1. The number of ether oxygens (including phenoxy) is 2. The van der Waals surface area contributed by atoms with E-state index >= 15 is 0 Å². The Kier molecular flexibility index (Phi) is 10.7. The number of likely N-dealkylation sites (tertiary alicyclic amines) is 1. The van der Waals surface area contributed by atoms with Gasteiger partial charge in [-0.15, -0.1) is 0 Å². The van der Waals surface area contributed by atoms with Gasteiger partial charge in [0.15, 0.2) is 22.6 Å². The Morgan fingerprint density at radius 3 is 2.30 bits per heavy atom. The highest BCUT2D eigenvalue weighted by atomic mass is 35.5. The number of carbonyl (C=O) groups is 3. The Hall–Kier alpha value is -3.25. The standard InChI is InChI=1S/C30H38ClF3N4O7S/c1-29(2,3)45-28(41)36-19-6-4-18(5-7-19)12-26(39)37-15-22(14-24(37)27(40)38(17-35)20-8-9-20)46(42,43)25-11-10-21(13-23(25)31)44-16-30(32,33)34/h10-11,13,18-20,22,24H,4-9,12,14-16H2,1-3H3,(H,36,41)/t18?,19?,22-,24+/m1/s1. The first-order valence-corrected chi connectivity index (χ1v) is 17.0. The van der Waals surface area contributed by atoms with Crippen LogP contribution in [0.15, 0.2) is 23.1 Å². The minimum absolute atomic E-state index is 0.0533. The average Bonchev–Trinajstić information content (AvgIpc) is 3.67. The summed E-state index contributed by atoms with van der Waals surface area (Å²) in [5.41, 5.74) is -0.636. The van der Waals surface area contributed by atoms with Crippen molar-refractivity contribution < 1.29 is 45.4 Å². The molecule has 0 unspecified atom stereocenters. The van der Waals surface area contributed by atoms with Crippen molar-refractivity contribution in [3.05, 3.63) is 23.2 Å². The first-order chi connectivity index (χ1) is 21.4. The van der Waals surface area contributed by atoms with E-state index in [4.69, 9.17) is 16.3 Å². The third-order valence-electron chi connectivity index (χ3n) is 8.21. The molecule has 3 aliphatic rings. The minimum atomic E-state index is -4.60. The van der Waals surface area contributed by atoms with Crippen LogP contribution >= 0.6 is 11.6 Å². The third-order valence-corrected chi connectivity index (χ3v) is 10.8. The molecule has 4 rings (SSSR count). The van der Waals surface area contributed by atoms with Crippen LogP contribution in [0.4, 0.5) is 18.0 Å². The Bertz CT molecular complexity index is 1470. The van der Waals surface area contributed by atoms with Crippen molar-refractivity contribution >= 4 is 39.3 Å². The van der Waals surface area contributed by atoms with Gasteiger partial charge in [0, 0.05) is 31.1 Å². The number of nitriles is 1. The molecule has 16 heteroatoms. The summed E-state index contributed by atoms with van der Waals surface area (Å²) in [6.45, 7) is 3.40. The summed E-state index contributed by atoms with van der Waals surface area (Å²) in [4.78, 5) is 41.2. The van der Waals surface area contributed by atoms with E-state index in [1.807, 2.05) is 6.19 Å². The van der Waals surface area contributed by atoms with Gasteiger partial charge in [0.1, 0.15) is 17.4 Å². The summed E-state index contributed by atoms with van der Waals surface area (Å²) in [6.07, 6.45) is 0.248. The van der Waals surface area contributed by atoms with E-state index in [1.165, 1.54) is 4.90 Å². The van der Waals surface area contributed by atoms with Gasteiger partial charge in [0.25, 0.3) is 5.91 Å². The van der Waals surface area contributed by atoms with Crippen LogP contribution in [-0.2, 0) is 24.2 Å². The molecule has 1 aliphatic heterocycles. The van der Waals surface area contributed by atoms with Gasteiger partial charge in [0.2, 0.25) is 5.91 Å². The second-order valence-corrected chi connectivity index (χ2v) is 15.7. The Morgan fingerprint density at radius 1 is 1.11 bits per heavy atom. The van der Waals surface area contributed by atoms with Crippen LogP contribution in [0.25, 0.3) is 0 Å². The molecule has 3 fully saturated rings. The molecule has 2 saturated carbocycles. The quantitative estimate of drug-likeness (QED) is 0.282. The van der Waals surface area contributed by atoms with Crippen molar-refractivity contribution in [2.24, 2.45) is 5.92 Å². The number of carbonyl (C=O) groups excluding carboxylic acids is 3. The summed E-state index contributed by atoms with van der Waals surface area (Å²) >= 11 is 6.19. The molecule has 0 spiro atoms. The number of alkyl carbamates (subject to hydrolysis) is 1. The summed E-state index contributed by atoms with van der Waals surface area (Å²) in [5, 5.41) is 10.9. The zero-order valence-electron chi connectivity index (χ0n) is 25.8. The SMILES string of the molecule is CC(C)(C)OC(=O)NC1CCC(CC(=O)N2C[C@H](S(=O)(=O)c3ccc(OCC(F)(F)F)cc3Cl)C[C@H]2C(=O)N(C#N)C2CC2)CC1. The van der Waals surface area contributed by atoms with E-state index in [9.17, 15) is 41.2 Å². The number of benzene rings is 1. The fourth-order valence-corrected chi connectivity index (χ4v) is 8.07. The predicted octanol–water partition coefficient (Wildman–Crippen LogP) is 4.97. The molecular formula is C30H38ClF3N4O7S. The molecule has 1 N–H and O–H groups in total. The molecule has 1 aromatic carbocycles. The van der Waals surface area contributed by atoms with Crippen molar-refractivity contribution in [1.29, 1.82) is 5.26 Å². The lowest BCUT2D eigenvalue weighted by Crippen LogP contribution is -2.47. The first kappa shape index (κ1) is 35.6. The van der Waals surface area contributed by atoms with E-state index in [-0.39, 0.29) is 53.1 Å². The van der Waals surface area contributed by atoms with Crippen LogP contribution < -0.4 is 10.1 Å². The van der Waals surface area contributed by atoms with Gasteiger partial charge in [-0.25, -0.2) is 18.1 Å². The molecule has 0 aromatic heterocycles. The lowest BCUT2D eigenvalue weighted by atomic mass is 9.84. The summed E-state index contributed by atoms with van der Waals surface area (Å²) in [5.74, 6) is -1.41. The fourth-order valence-electron chi connectivity index (χ4n) is 5.83. The molecule has 46 heavy (non-hydrogen) atoms. The summed E-state index contributed by atoms with van der Waals surface area (Å²) in [7, 11) is -4.27. The minimum Gasteiger partial charge on any atom is -0.484 e.